The molecule has 26 heavy (non-hydrogen) atoms. The van der Waals surface area contributed by atoms with Gasteiger partial charge in [-0.3, -0.25) is 5.10 Å². The standard InChI is InChI=1S/C19H23N7/c1-12-6-15(24-23-12)14-7-13(19(2,3)4)8-17(22-14)26-11-25(5)18-16(26)9-20-10-21-18/h6-10H,11H2,1-5H3,(H,23,24). The lowest BCUT2D eigenvalue weighted by Gasteiger charge is -2.24. The molecule has 0 atom stereocenters. The minimum Gasteiger partial charge on any atom is -0.340 e. The van der Waals surface area contributed by atoms with Crippen molar-refractivity contribution in [3.8, 4) is 11.4 Å². The normalized spacial score (nSPS) is 14.0. The Kier molecular flexibility index (Phi) is 3.68. The van der Waals surface area contributed by atoms with Crippen LogP contribution in [0.3, 0.4) is 0 Å². The molecule has 134 valence electrons. The second-order valence-electron chi connectivity index (χ2n) is 7.78. The highest BCUT2D eigenvalue weighted by atomic mass is 15.4. The number of rotatable bonds is 2. The summed E-state index contributed by atoms with van der Waals surface area (Å²) in [5.74, 6) is 1.80. The minimum atomic E-state index is -0.000560. The van der Waals surface area contributed by atoms with E-state index in [9.17, 15) is 0 Å². The number of aryl methyl sites for hydroxylation is 1. The zero-order valence-corrected chi connectivity index (χ0v) is 15.8. The lowest BCUT2D eigenvalue weighted by atomic mass is 9.87. The fraction of sp³-hybridized carbons (Fsp3) is 0.368. The first-order valence-electron chi connectivity index (χ1n) is 8.66. The molecule has 0 amide bonds. The van der Waals surface area contributed by atoms with E-state index in [1.807, 2.05) is 26.2 Å². The van der Waals surface area contributed by atoms with Gasteiger partial charge < -0.3 is 9.80 Å². The number of pyridine rings is 1. The highest BCUT2D eigenvalue weighted by molar-refractivity contribution is 5.78. The molecule has 0 bridgehead atoms. The lowest BCUT2D eigenvalue weighted by molar-refractivity contribution is 0.589. The molecule has 4 rings (SSSR count). The monoisotopic (exact) mass is 349 g/mol. The molecule has 1 aliphatic rings. The molecule has 1 N–H and O–H groups in total. The lowest BCUT2D eigenvalue weighted by Crippen LogP contribution is -2.25. The summed E-state index contributed by atoms with van der Waals surface area (Å²) in [5, 5.41) is 7.40. The van der Waals surface area contributed by atoms with Crippen molar-refractivity contribution in [1.29, 1.82) is 0 Å². The first-order valence-corrected chi connectivity index (χ1v) is 8.66. The Morgan fingerprint density at radius 3 is 2.62 bits per heavy atom. The Balaban J connectivity index is 1.86. The number of hydrogen-bond donors (Lipinski definition) is 1. The molecule has 3 aromatic rings. The van der Waals surface area contributed by atoms with Crippen LogP contribution < -0.4 is 9.80 Å². The molecule has 0 saturated heterocycles. The van der Waals surface area contributed by atoms with Gasteiger partial charge in [-0.15, -0.1) is 0 Å². The summed E-state index contributed by atoms with van der Waals surface area (Å²) >= 11 is 0. The van der Waals surface area contributed by atoms with E-state index in [4.69, 9.17) is 4.98 Å². The largest absolute Gasteiger partial charge is 0.340 e. The molecule has 0 fully saturated rings. The first-order chi connectivity index (χ1) is 12.3. The second kappa shape index (κ2) is 5.79. The Bertz CT molecular complexity index is 955. The molecule has 0 spiro atoms. The minimum absolute atomic E-state index is 0.000560. The van der Waals surface area contributed by atoms with Crippen molar-refractivity contribution in [3.63, 3.8) is 0 Å². The maximum atomic E-state index is 4.91. The Hall–Kier alpha value is -2.96. The van der Waals surface area contributed by atoms with Gasteiger partial charge >= 0.3 is 0 Å². The molecule has 0 unspecified atom stereocenters. The van der Waals surface area contributed by atoms with Gasteiger partial charge in [-0.05, 0) is 36.1 Å². The van der Waals surface area contributed by atoms with Crippen molar-refractivity contribution in [2.24, 2.45) is 0 Å². The molecule has 1 aliphatic heterocycles. The summed E-state index contributed by atoms with van der Waals surface area (Å²) in [5.41, 5.74) is 4.92. The molecule has 0 saturated carbocycles. The average Bonchev–Trinajstić information content (AvgIpc) is 3.18. The first kappa shape index (κ1) is 16.5. The van der Waals surface area contributed by atoms with Gasteiger partial charge in [0.25, 0.3) is 0 Å². The summed E-state index contributed by atoms with van der Waals surface area (Å²) in [4.78, 5) is 17.7. The van der Waals surface area contributed by atoms with Crippen LogP contribution in [-0.4, -0.2) is 38.9 Å². The Labute approximate surface area is 153 Å². The molecule has 7 heteroatoms. The van der Waals surface area contributed by atoms with Crippen LogP contribution in [0.15, 0.2) is 30.7 Å². The van der Waals surface area contributed by atoms with Gasteiger partial charge in [-0.1, -0.05) is 20.8 Å². The summed E-state index contributed by atoms with van der Waals surface area (Å²) in [7, 11) is 2.03. The topological polar surface area (TPSA) is 73.8 Å². The Morgan fingerprint density at radius 1 is 1.12 bits per heavy atom. The maximum Gasteiger partial charge on any atom is 0.157 e. The molecule has 0 radical (unpaired) electrons. The second-order valence-corrected chi connectivity index (χ2v) is 7.78. The predicted molar refractivity (Wildman–Crippen MR) is 103 cm³/mol. The number of anilines is 3. The van der Waals surface area contributed by atoms with Crippen LogP contribution >= 0.6 is 0 Å². The van der Waals surface area contributed by atoms with Gasteiger partial charge in [-0.2, -0.15) is 5.10 Å². The molecule has 0 aromatic carbocycles. The average molecular weight is 349 g/mol. The zero-order valence-electron chi connectivity index (χ0n) is 15.8. The van der Waals surface area contributed by atoms with Crippen LogP contribution in [0.25, 0.3) is 11.4 Å². The van der Waals surface area contributed by atoms with Gasteiger partial charge in [0, 0.05) is 12.7 Å². The third-order valence-corrected chi connectivity index (χ3v) is 4.60. The third kappa shape index (κ3) is 2.79. The molecule has 3 aromatic heterocycles. The SMILES string of the molecule is Cc1cc(-c2cc(C(C)(C)C)cc(N3CN(C)c4ncncc43)n2)n[nH]1. The van der Waals surface area contributed by atoms with Crippen molar-refractivity contribution in [3.05, 3.63) is 42.0 Å². The quantitative estimate of drug-likeness (QED) is 0.764. The fourth-order valence-corrected chi connectivity index (χ4v) is 3.12. The zero-order chi connectivity index (χ0) is 18.5. The van der Waals surface area contributed by atoms with Gasteiger partial charge in [0.1, 0.15) is 23.5 Å². The fourth-order valence-electron chi connectivity index (χ4n) is 3.12. The highest BCUT2D eigenvalue weighted by Crippen LogP contribution is 2.38. The number of fused-ring (bicyclic) bond motifs is 1. The van der Waals surface area contributed by atoms with Crippen LogP contribution in [0.5, 0.6) is 0 Å². The predicted octanol–water partition coefficient (Wildman–Crippen LogP) is 3.41. The van der Waals surface area contributed by atoms with Crippen molar-refractivity contribution in [2.75, 3.05) is 23.5 Å². The summed E-state index contributed by atoms with van der Waals surface area (Å²) in [6.45, 7) is 9.30. The smallest absolute Gasteiger partial charge is 0.157 e. The van der Waals surface area contributed by atoms with Crippen molar-refractivity contribution in [1.82, 2.24) is 25.1 Å². The van der Waals surface area contributed by atoms with Gasteiger partial charge in [0.05, 0.1) is 18.6 Å². The van der Waals surface area contributed by atoms with Crippen molar-refractivity contribution >= 4 is 17.3 Å². The van der Waals surface area contributed by atoms with Crippen LogP contribution in [0.2, 0.25) is 0 Å². The number of hydrogen-bond acceptors (Lipinski definition) is 6. The number of aromatic amines is 1. The van der Waals surface area contributed by atoms with E-state index in [2.05, 4.69) is 62.9 Å². The maximum absolute atomic E-state index is 4.91. The van der Waals surface area contributed by atoms with Crippen molar-refractivity contribution < 1.29 is 0 Å². The van der Waals surface area contributed by atoms with Crippen LogP contribution in [0, 0.1) is 6.92 Å². The molecular weight excluding hydrogens is 326 g/mol. The third-order valence-electron chi connectivity index (χ3n) is 4.60. The molecular formula is C19H23N7. The van der Waals surface area contributed by atoms with E-state index in [1.54, 1.807) is 6.33 Å². The number of aromatic nitrogens is 5. The van der Waals surface area contributed by atoms with Gasteiger partial charge in [0.15, 0.2) is 5.82 Å². The van der Waals surface area contributed by atoms with E-state index in [0.29, 0.717) is 6.67 Å². The van der Waals surface area contributed by atoms with Crippen LogP contribution in [0.1, 0.15) is 32.0 Å². The van der Waals surface area contributed by atoms with E-state index in [0.717, 1.165) is 34.4 Å². The van der Waals surface area contributed by atoms with Crippen LogP contribution in [-0.2, 0) is 5.41 Å². The van der Waals surface area contributed by atoms with Gasteiger partial charge in [0.2, 0.25) is 0 Å². The summed E-state index contributed by atoms with van der Waals surface area (Å²) in [6, 6.07) is 6.30. The number of H-pyrrole nitrogens is 1. The molecule has 7 nitrogen and oxygen atoms in total. The Morgan fingerprint density at radius 2 is 1.92 bits per heavy atom. The number of nitrogens with zero attached hydrogens (tertiary/aromatic N) is 6. The van der Waals surface area contributed by atoms with E-state index >= 15 is 0 Å². The van der Waals surface area contributed by atoms with Crippen LogP contribution in [0.4, 0.5) is 17.3 Å². The summed E-state index contributed by atoms with van der Waals surface area (Å²) < 4.78 is 0. The van der Waals surface area contributed by atoms with E-state index in [-0.39, 0.29) is 5.41 Å². The highest BCUT2D eigenvalue weighted by Gasteiger charge is 2.28. The molecule has 4 heterocycles. The number of nitrogens with one attached hydrogen (secondary N) is 1. The van der Waals surface area contributed by atoms with Gasteiger partial charge in [-0.25, -0.2) is 15.0 Å². The van der Waals surface area contributed by atoms with E-state index < -0.39 is 0 Å². The van der Waals surface area contributed by atoms with E-state index in [1.165, 1.54) is 5.56 Å². The summed E-state index contributed by atoms with van der Waals surface area (Å²) in [6.07, 6.45) is 3.42. The molecule has 0 aliphatic carbocycles. The van der Waals surface area contributed by atoms with Crippen molar-refractivity contribution in [2.45, 2.75) is 33.1 Å².